The van der Waals surface area contributed by atoms with Gasteiger partial charge in [-0.2, -0.15) is 0 Å². The predicted octanol–water partition coefficient (Wildman–Crippen LogP) is 1.61. The Bertz CT molecular complexity index is 774. The van der Waals surface area contributed by atoms with Gasteiger partial charge < -0.3 is 19.4 Å². The van der Waals surface area contributed by atoms with Crippen molar-refractivity contribution in [3.63, 3.8) is 0 Å². The van der Waals surface area contributed by atoms with Gasteiger partial charge in [0.15, 0.2) is 0 Å². The molecule has 0 radical (unpaired) electrons. The first-order valence-corrected chi connectivity index (χ1v) is 11.3. The van der Waals surface area contributed by atoms with Gasteiger partial charge in [-0.25, -0.2) is 0 Å². The predicted molar refractivity (Wildman–Crippen MR) is 112 cm³/mol. The summed E-state index contributed by atoms with van der Waals surface area (Å²) in [6.07, 6.45) is 2.54. The third kappa shape index (κ3) is 5.00. The van der Waals surface area contributed by atoms with E-state index < -0.39 is 6.04 Å². The second-order valence-electron chi connectivity index (χ2n) is 7.74. The van der Waals surface area contributed by atoms with Gasteiger partial charge in [-0.15, -0.1) is 11.3 Å². The van der Waals surface area contributed by atoms with Gasteiger partial charge in [-0.05, 0) is 44.1 Å². The number of piperidine rings is 1. The lowest BCUT2D eigenvalue weighted by Crippen LogP contribution is -2.50. The van der Waals surface area contributed by atoms with Crippen molar-refractivity contribution >= 4 is 35.0 Å². The van der Waals surface area contributed by atoms with Crippen LogP contribution < -0.4 is 0 Å². The number of likely N-dealkylation sites (N-methyl/N-ethyl adjacent to an activating group) is 1. The highest BCUT2D eigenvalue weighted by Crippen LogP contribution is 2.24. The van der Waals surface area contributed by atoms with E-state index in [2.05, 4.69) is 0 Å². The second-order valence-corrected chi connectivity index (χ2v) is 8.68. The van der Waals surface area contributed by atoms with Gasteiger partial charge in [0.25, 0.3) is 5.91 Å². The molecular formula is C21H29N3O5S. The smallest absolute Gasteiger partial charge is 0.309 e. The minimum atomic E-state index is -0.521. The number of hydrogen-bond donors (Lipinski definition) is 0. The first-order valence-electron chi connectivity index (χ1n) is 10.5. The molecule has 0 aromatic carbocycles. The Kier molecular flexibility index (Phi) is 7.47. The van der Waals surface area contributed by atoms with E-state index in [1.807, 2.05) is 11.4 Å². The minimum Gasteiger partial charge on any atom is -0.466 e. The number of amides is 3. The first-order chi connectivity index (χ1) is 14.4. The molecule has 2 saturated heterocycles. The van der Waals surface area contributed by atoms with Crippen LogP contribution in [-0.4, -0.2) is 84.3 Å². The number of esters is 1. The normalized spacial score (nSPS) is 19.6. The molecule has 8 nitrogen and oxygen atoms in total. The maximum Gasteiger partial charge on any atom is 0.309 e. The monoisotopic (exact) mass is 435 g/mol. The highest BCUT2D eigenvalue weighted by atomic mass is 32.1. The quantitative estimate of drug-likeness (QED) is 0.634. The molecule has 9 heteroatoms. The molecule has 0 N–H and O–H groups in total. The summed E-state index contributed by atoms with van der Waals surface area (Å²) >= 11 is 1.36. The molecule has 2 aliphatic rings. The zero-order chi connectivity index (χ0) is 21.7. The van der Waals surface area contributed by atoms with Crippen LogP contribution in [0.3, 0.4) is 0 Å². The Morgan fingerprint density at radius 1 is 1.17 bits per heavy atom. The molecule has 3 amide bonds. The largest absolute Gasteiger partial charge is 0.466 e. The molecule has 0 spiro atoms. The molecule has 1 atom stereocenters. The van der Waals surface area contributed by atoms with Crippen molar-refractivity contribution in [3.8, 4) is 0 Å². The van der Waals surface area contributed by atoms with E-state index in [1.165, 1.54) is 16.2 Å². The van der Waals surface area contributed by atoms with E-state index >= 15 is 0 Å². The molecule has 0 unspecified atom stereocenters. The van der Waals surface area contributed by atoms with Crippen molar-refractivity contribution in [2.24, 2.45) is 5.92 Å². The van der Waals surface area contributed by atoms with Crippen LogP contribution in [0.4, 0.5) is 0 Å². The fraction of sp³-hybridized carbons (Fsp3) is 0.619. The van der Waals surface area contributed by atoms with Gasteiger partial charge in [0.05, 0.1) is 23.9 Å². The maximum atomic E-state index is 13.0. The molecule has 0 bridgehead atoms. The summed E-state index contributed by atoms with van der Waals surface area (Å²) < 4.78 is 5.06. The van der Waals surface area contributed by atoms with E-state index in [0.29, 0.717) is 50.4 Å². The molecule has 1 aromatic rings. The lowest BCUT2D eigenvalue weighted by molar-refractivity contribution is -0.151. The van der Waals surface area contributed by atoms with Crippen molar-refractivity contribution in [2.75, 3.05) is 39.8 Å². The molecule has 0 aliphatic carbocycles. The third-order valence-corrected chi connectivity index (χ3v) is 6.60. The Balaban J connectivity index is 1.52. The van der Waals surface area contributed by atoms with E-state index in [1.54, 1.807) is 29.8 Å². The van der Waals surface area contributed by atoms with Crippen LogP contribution in [0.1, 0.15) is 42.3 Å². The van der Waals surface area contributed by atoms with E-state index in [4.69, 9.17) is 4.74 Å². The molecule has 3 heterocycles. The molecule has 0 saturated carbocycles. The Morgan fingerprint density at radius 2 is 1.90 bits per heavy atom. The Hall–Kier alpha value is -2.42. The van der Waals surface area contributed by atoms with Crippen LogP contribution >= 0.6 is 11.3 Å². The van der Waals surface area contributed by atoms with Gasteiger partial charge in [0.1, 0.15) is 6.04 Å². The summed E-state index contributed by atoms with van der Waals surface area (Å²) in [5, 5.41) is 1.84. The van der Waals surface area contributed by atoms with Gasteiger partial charge in [-0.1, -0.05) is 6.07 Å². The van der Waals surface area contributed by atoms with Crippen molar-refractivity contribution in [2.45, 2.75) is 38.6 Å². The maximum absolute atomic E-state index is 13.0. The van der Waals surface area contributed by atoms with E-state index in [9.17, 15) is 19.2 Å². The SMILES string of the molecule is CCOC(=O)C1CCN(C(=O)CN(C)C(=O)[C@@H]2CCCN2C(=O)c2cccs2)CC1. The Labute approximate surface area is 180 Å². The van der Waals surface area contributed by atoms with Crippen molar-refractivity contribution in [1.29, 1.82) is 0 Å². The second kappa shape index (κ2) is 10.1. The highest BCUT2D eigenvalue weighted by Gasteiger charge is 2.37. The van der Waals surface area contributed by atoms with Crippen molar-refractivity contribution in [3.05, 3.63) is 22.4 Å². The number of nitrogens with zero attached hydrogens (tertiary/aromatic N) is 3. The number of hydrogen-bond acceptors (Lipinski definition) is 6. The molecule has 30 heavy (non-hydrogen) atoms. The number of rotatable bonds is 6. The summed E-state index contributed by atoms with van der Waals surface area (Å²) in [4.78, 5) is 55.6. The van der Waals surface area contributed by atoms with E-state index in [0.717, 1.165) is 6.42 Å². The third-order valence-electron chi connectivity index (χ3n) is 5.75. The van der Waals surface area contributed by atoms with Crippen LogP contribution in [-0.2, 0) is 19.1 Å². The fourth-order valence-electron chi connectivity index (χ4n) is 4.07. The molecular weight excluding hydrogens is 406 g/mol. The van der Waals surface area contributed by atoms with Crippen molar-refractivity contribution in [1.82, 2.24) is 14.7 Å². The standard InChI is InChI=1S/C21H29N3O5S/c1-3-29-21(28)15-8-11-23(12-9-15)18(25)14-22(2)19(26)16-6-4-10-24(16)20(27)17-7-5-13-30-17/h5,7,13,15-16H,3-4,6,8-12,14H2,1-2H3/t16-/m0/s1. The molecule has 1 aromatic heterocycles. The topological polar surface area (TPSA) is 87.2 Å². The summed E-state index contributed by atoms with van der Waals surface area (Å²) in [5.74, 6) is -0.826. The number of carbonyl (C=O) groups excluding carboxylic acids is 4. The summed E-state index contributed by atoms with van der Waals surface area (Å²) in [7, 11) is 1.61. The lowest BCUT2D eigenvalue weighted by Gasteiger charge is -2.33. The lowest BCUT2D eigenvalue weighted by atomic mass is 9.97. The van der Waals surface area contributed by atoms with Gasteiger partial charge in [-0.3, -0.25) is 19.2 Å². The first kappa shape index (κ1) is 22.3. The average molecular weight is 436 g/mol. The highest BCUT2D eigenvalue weighted by molar-refractivity contribution is 7.12. The van der Waals surface area contributed by atoms with Crippen LogP contribution in [0.15, 0.2) is 17.5 Å². The summed E-state index contributed by atoms with van der Waals surface area (Å²) in [6.45, 7) is 3.63. The molecule has 3 rings (SSSR count). The summed E-state index contributed by atoms with van der Waals surface area (Å²) in [6, 6.07) is 3.06. The summed E-state index contributed by atoms with van der Waals surface area (Å²) in [5.41, 5.74) is 0. The van der Waals surface area contributed by atoms with Crippen molar-refractivity contribution < 1.29 is 23.9 Å². The minimum absolute atomic E-state index is 0.0273. The number of carbonyl (C=O) groups is 4. The Morgan fingerprint density at radius 3 is 2.53 bits per heavy atom. The van der Waals surface area contributed by atoms with Crippen LogP contribution in [0.5, 0.6) is 0 Å². The number of thiophene rings is 1. The number of likely N-dealkylation sites (tertiary alicyclic amines) is 2. The van der Waals surface area contributed by atoms with Crippen LogP contribution in [0.25, 0.3) is 0 Å². The van der Waals surface area contributed by atoms with Gasteiger partial charge >= 0.3 is 5.97 Å². The molecule has 2 fully saturated rings. The van der Waals surface area contributed by atoms with Crippen LogP contribution in [0.2, 0.25) is 0 Å². The zero-order valence-electron chi connectivity index (χ0n) is 17.5. The molecule has 2 aliphatic heterocycles. The number of ether oxygens (including phenoxy) is 1. The van der Waals surface area contributed by atoms with Gasteiger partial charge in [0, 0.05) is 26.7 Å². The average Bonchev–Trinajstić information content (AvgIpc) is 3.45. The van der Waals surface area contributed by atoms with Gasteiger partial charge in [0.2, 0.25) is 11.8 Å². The van der Waals surface area contributed by atoms with E-state index in [-0.39, 0.29) is 36.2 Å². The fourth-order valence-corrected chi connectivity index (χ4v) is 4.75. The molecule has 164 valence electrons. The zero-order valence-corrected chi connectivity index (χ0v) is 18.4. The van der Waals surface area contributed by atoms with Crippen LogP contribution in [0, 0.1) is 5.92 Å².